The number of ether oxygens (including phenoxy) is 2. The average molecular weight is 317 g/mol. The summed E-state index contributed by atoms with van der Waals surface area (Å²) in [4.78, 5) is 10.5. The van der Waals surface area contributed by atoms with Crippen LogP contribution in [0, 0.1) is 10.1 Å². The van der Waals surface area contributed by atoms with Gasteiger partial charge in [-0.25, -0.2) is 0 Å². The first-order valence-electron chi connectivity index (χ1n) is 6.49. The Labute approximate surface area is 129 Å². The van der Waals surface area contributed by atoms with Crippen LogP contribution in [0.25, 0.3) is 11.7 Å². The van der Waals surface area contributed by atoms with Crippen molar-refractivity contribution in [1.82, 2.24) is 10.2 Å². The maximum absolute atomic E-state index is 11.1. The number of hydrogen-bond donors (Lipinski definition) is 0. The molecule has 0 amide bonds. The Morgan fingerprint density at radius 2 is 2.17 bits per heavy atom. The van der Waals surface area contributed by atoms with E-state index in [9.17, 15) is 10.1 Å². The molecule has 23 heavy (non-hydrogen) atoms. The van der Waals surface area contributed by atoms with Gasteiger partial charge in [-0.3, -0.25) is 10.1 Å². The summed E-state index contributed by atoms with van der Waals surface area (Å²) >= 11 is 0. The molecule has 0 aliphatic carbocycles. The third-order valence-electron chi connectivity index (χ3n) is 2.91. The average Bonchev–Trinajstić information content (AvgIpc) is 3.23. The third-order valence-corrected chi connectivity index (χ3v) is 2.91. The van der Waals surface area contributed by atoms with Gasteiger partial charge in [0.1, 0.15) is 5.75 Å². The molecule has 2 heterocycles. The molecule has 0 unspecified atom stereocenters. The van der Waals surface area contributed by atoms with Crippen molar-refractivity contribution in [2.75, 3.05) is 7.11 Å². The first kappa shape index (κ1) is 14.6. The largest absolute Gasteiger partial charge is 0.496 e. The minimum atomic E-state index is -0.556. The highest BCUT2D eigenvalue weighted by Gasteiger charge is 2.18. The van der Waals surface area contributed by atoms with E-state index in [0.29, 0.717) is 11.5 Å². The molecule has 0 saturated heterocycles. The normalized spacial score (nSPS) is 10.5. The molecule has 0 fully saturated rings. The predicted octanol–water partition coefficient (Wildman–Crippen LogP) is 2.83. The number of methoxy groups -OCH3 is 1. The van der Waals surface area contributed by atoms with Gasteiger partial charge in [0.05, 0.1) is 24.4 Å². The smallest absolute Gasteiger partial charge is 0.314 e. The van der Waals surface area contributed by atoms with Crippen LogP contribution in [0.2, 0.25) is 0 Å². The minimum absolute atomic E-state index is 0.0774. The molecule has 3 aromatic rings. The van der Waals surface area contributed by atoms with Crippen molar-refractivity contribution in [3.8, 4) is 23.1 Å². The number of rotatable bonds is 6. The van der Waals surface area contributed by atoms with Crippen molar-refractivity contribution >= 4 is 5.69 Å². The summed E-state index contributed by atoms with van der Waals surface area (Å²) in [5.74, 6) is 1.24. The lowest BCUT2D eigenvalue weighted by Gasteiger charge is -2.06. The molecule has 9 heteroatoms. The zero-order chi connectivity index (χ0) is 16.2. The van der Waals surface area contributed by atoms with Gasteiger partial charge in [-0.15, -0.1) is 10.2 Å². The van der Waals surface area contributed by atoms with Gasteiger partial charge in [-0.05, 0) is 24.3 Å². The van der Waals surface area contributed by atoms with E-state index in [0.717, 1.165) is 0 Å². The van der Waals surface area contributed by atoms with Crippen LogP contribution < -0.4 is 9.47 Å². The summed E-state index contributed by atoms with van der Waals surface area (Å²) in [6.45, 7) is -0.110. The zero-order valence-corrected chi connectivity index (χ0v) is 12.0. The van der Waals surface area contributed by atoms with E-state index < -0.39 is 4.92 Å². The first-order chi connectivity index (χ1) is 11.2. The highest BCUT2D eigenvalue weighted by atomic mass is 16.6. The van der Waals surface area contributed by atoms with Crippen LogP contribution in [0.3, 0.4) is 0 Å². The molecular formula is C14H11N3O6. The molecule has 0 aliphatic heterocycles. The molecule has 118 valence electrons. The molecule has 0 spiro atoms. The fourth-order valence-electron chi connectivity index (χ4n) is 1.84. The van der Waals surface area contributed by atoms with Gasteiger partial charge in [0.25, 0.3) is 11.8 Å². The van der Waals surface area contributed by atoms with Gasteiger partial charge >= 0.3 is 5.69 Å². The highest BCUT2D eigenvalue weighted by molar-refractivity contribution is 5.51. The maximum atomic E-state index is 11.1. The summed E-state index contributed by atoms with van der Waals surface area (Å²) < 4.78 is 20.8. The van der Waals surface area contributed by atoms with E-state index in [2.05, 4.69) is 10.2 Å². The molecule has 3 rings (SSSR count). The first-order valence-corrected chi connectivity index (χ1v) is 6.49. The summed E-state index contributed by atoms with van der Waals surface area (Å²) in [5.41, 5.74) is -0.213. The summed E-state index contributed by atoms with van der Waals surface area (Å²) in [6, 6.07) is 7.64. The third kappa shape index (κ3) is 3.12. The number of benzene rings is 1. The topological polar surface area (TPSA) is 114 Å². The van der Waals surface area contributed by atoms with Crippen molar-refractivity contribution in [2.45, 2.75) is 6.61 Å². The lowest BCUT2D eigenvalue weighted by molar-refractivity contribution is -0.386. The van der Waals surface area contributed by atoms with Crippen LogP contribution in [-0.4, -0.2) is 22.2 Å². The van der Waals surface area contributed by atoms with E-state index >= 15 is 0 Å². The van der Waals surface area contributed by atoms with Crippen LogP contribution in [0.5, 0.6) is 11.5 Å². The Morgan fingerprint density at radius 3 is 2.87 bits per heavy atom. The fraction of sp³-hybridized carbons (Fsp3) is 0.143. The Kier molecular flexibility index (Phi) is 3.91. The molecule has 0 atom stereocenters. The Hall–Kier alpha value is -3.36. The molecular weight excluding hydrogens is 306 g/mol. The van der Waals surface area contributed by atoms with Gasteiger partial charge in [0.2, 0.25) is 0 Å². The van der Waals surface area contributed by atoms with Gasteiger partial charge in [-0.1, -0.05) is 0 Å². The van der Waals surface area contributed by atoms with Crippen molar-refractivity contribution in [3.05, 3.63) is 52.6 Å². The Balaban J connectivity index is 1.74. The standard InChI is InChI=1S/C14H11N3O6/c1-20-9-4-5-11(10(7-9)17(18)19)22-8-13-15-16-14(23-13)12-3-2-6-21-12/h2-7H,8H2,1H3. The monoisotopic (exact) mass is 317 g/mol. The van der Waals surface area contributed by atoms with Crippen LogP contribution in [-0.2, 0) is 6.61 Å². The highest BCUT2D eigenvalue weighted by Crippen LogP contribution is 2.31. The number of nitrogens with zero attached hydrogens (tertiary/aromatic N) is 3. The zero-order valence-electron chi connectivity index (χ0n) is 12.0. The second-order valence-electron chi connectivity index (χ2n) is 4.36. The van der Waals surface area contributed by atoms with E-state index in [-0.39, 0.29) is 29.8 Å². The van der Waals surface area contributed by atoms with E-state index in [4.69, 9.17) is 18.3 Å². The molecule has 2 aromatic heterocycles. The molecule has 0 N–H and O–H groups in total. The Morgan fingerprint density at radius 1 is 1.30 bits per heavy atom. The van der Waals surface area contributed by atoms with E-state index in [1.165, 1.54) is 25.5 Å². The fourth-order valence-corrected chi connectivity index (χ4v) is 1.84. The molecule has 1 aromatic carbocycles. The SMILES string of the molecule is COc1ccc(OCc2nnc(-c3ccco3)o2)c([N+](=O)[O-])c1. The lowest BCUT2D eigenvalue weighted by Crippen LogP contribution is -2.00. The lowest BCUT2D eigenvalue weighted by atomic mass is 10.3. The summed E-state index contributed by atoms with van der Waals surface area (Å²) in [7, 11) is 1.42. The van der Waals surface area contributed by atoms with Gasteiger partial charge in [0, 0.05) is 0 Å². The van der Waals surface area contributed by atoms with Crippen molar-refractivity contribution in [2.24, 2.45) is 0 Å². The number of hydrogen-bond acceptors (Lipinski definition) is 8. The second kappa shape index (κ2) is 6.18. The molecule has 9 nitrogen and oxygen atoms in total. The van der Waals surface area contributed by atoms with Gasteiger partial charge in [0.15, 0.2) is 18.1 Å². The van der Waals surface area contributed by atoms with Gasteiger partial charge in [-0.2, -0.15) is 0 Å². The van der Waals surface area contributed by atoms with E-state index in [1.807, 2.05) is 0 Å². The predicted molar refractivity (Wildman–Crippen MR) is 76.0 cm³/mol. The maximum Gasteiger partial charge on any atom is 0.314 e. The quantitative estimate of drug-likeness (QED) is 0.503. The van der Waals surface area contributed by atoms with Crippen LogP contribution in [0.4, 0.5) is 5.69 Å². The number of furan rings is 1. The molecule has 0 saturated carbocycles. The van der Waals surface area contributed by atoms with Crippen LogP contribution in [0.1, 0.15) is 5.89 Å². The molecule has 0 aliphatic rings. The van der Waals surface area contributed by atoms with Crippen molar-refractivity contribution in [3.63, 3.8) is 0 Å². The number of aromatic nitrogens is 2. The number of nitro benzene ring substituents is 1. The molecule has 0 radical (unpaired) electrons. The van der Waals surface area contributed by atoms with Crippen LogP contribution in [0.15, 0.2) is 45.4 Å². The van der Waals surface area contributed by atoms with Gasteiger partial charge < -0.3 is 18.3 Å². The van der Waals surface area contributed by atoms with Crippen molar-refractivity contribution < 1.29 is 23.2 Å². The van der Waals surface area contributed by atoms with Crippen LogP contribution >= 0.6 is 0 Å². The molecule has 0 bridgehead atoms. The summed E-state index contributed by atoms with van der Waals surface area (Å²) in [5, 5.41) is 18.7. The van der Waals surface area contributed by atoms with E-state index in [1.54, 1.807) is 18.2 Å². The minimum Gasteiger partial charge on any atom is -0.496 e. The number of nitro groups is 1. The van der Waals surface area contributed by atoms with Crippen molar-refractivity contribution in [1.29, 1.82) is 0 Å². The summed E-state index contributed by atoms with van der Waals surface area (Å²) in [6.07, 6.45) is 1.48. The Bertz CT molecular complexity index is 812. The second-order valence-corrected chi connectivity index (χ2v) is 4.36.